The number of nitrogens with one attached hydrogen (secondary N) is 1. The highest BCUT2D eigenvalue weighted by molar-refractivity contribution is 9.13. The minimum Gasteiger partial charge on any atom is -0.351 e. The average Bonchev–Trinajstić information content (AvgIpc) is 2.77. The highest BCUT2D eigenvalue weighted by Gasteiger charge is 2.10. The molecule has 1 amide bonds. The van der Waals surface area contributed by atoms with Crippen LogP contribution in [0.15, 0.2) is 14.3 Å². The van der Waals surface area contributed by atoms with Gasteiger partial charge in [0.05, 0.1) is 8.66 Å². The van der Waals surface area contributed by atoms with Gasteiger partial charge in [-0.05, 0) is 44.3 Å². The largest absolute Gasteiger partial charge is 0.351 e. The normalized spacial score (nSPS) is 10.8. The molecule has 114 valence electrons. The second-order valence-corrected chi connectivity index (χ2v) is 8.19. The lowest BCUT2D eigenvalue weighted by Crippen LogP contribution is -2.23. The topological polar surface area (TPSA) is 29.1 Å². The highest BCUT2D eigenvalue weighted by Crippen LogP contribution is 2.32. The second kappa shape index (κ2) is 10.8. The molecule has 0 fully saturated rings. The first kappa shape index (κ1) is 18.2. The molecule has 2 nitrogen and oxygen atoms in total. The van der Waals surface area contributed by atoms with E-state index in [-0.39, 0.29) is 5.91 Å². The molecule has 0 atom stereocenters. The Balaban J connectivity index is 2.02. The van der Waals surface area contributed by atoms with Gasteiger partial charge in [0.25, 0.3) is 5.91 Å². The lowest BCUT2D eigenvalue weighted by molar-refractivity contribution is 0.0957. The zero-order valence-corrected chi connectivity index (χ0v) is 16.0. The average molecular weight is 425 g/mol. The molecule has 0 bridgehead atoms. The van der Waals surface area contributed by atoms with Gasteiger partial charge < -0.3 is 5.32 Å². The molecule has 20 heavy (non-hydrogen) atoms. The molecule has 1 heterocycles. The summed E-state index contributed by atoms with van der Waals surface area (Å²) < 4.78 is 1.91. The summed E-state index contributed by atoms with van der Waals surface area (Å²) in [5, 5.41) is 2.98. The molecular weight excluding hydrogens is 402 g/mol. The van der Waals surface area contributed by atoms with Gasteiger partial charge in [-0.2, -0.15) is 0 Å². The smallest absolute Gasteiger partial charge is 0.261 e. The Bertz CT molecular complexity index is 387. The Labute approximate surface area is 143 Å². The molecule has 0 aromatic carbocycles. The summed E-state index contributed by atoms with van der Waals surface area (Å²) in [6.07, 6.45) is 10.3. The van der Waals surface area contributed by atoms with Crippen LogP contribution in [0, 0.1) is 0 Å². The predicted octanol–water partition coefficient (Wildman–Crippen LogP) is 6.14. The lowest BCUT2D eigenvalue weighted by atomic mass is 10.1. The molecule has 1 aromatic heterocycles. The first-order valence-corrected chi connectivity index (χ1v) is 9.78. The molecule has 0 aliphatic carbocycles. The summed E-state index contributed by atoms with van der Waals surface area (Å²) in [5.41, 5.74) is 0. The molecule has 0 aliphatic rings. The zero-order valence-electron chi connectivity index (χ0n) is 12.0. The van der Waals surface area contributed by atoms with Crippen molar-refractivity contribution in [1.29, 1.82) is 0 Å². The van der Waals surface area contributed by atoms with E-state index in [0.29, 0.717) is 0 Å². The number of halogens is 2. The summed E-state index contributed by atoms with van der Waals surface area (Å²) in [6.45, 7) is 3.02. The maximum Gasteiger partial charge on any atom is 0.261 e. The van der Waals surface area contributed by atoms with Crippen molar-refractivity contribution in [2.45, 2.75) is 58.3 Å². The Hall–Kier alpha value is 0.130. The SMILES string of the molecule is CCCCCCCCCCNC(=O)c1cc(Br)c(Br)s1. The van der Waals surface area contributed by atoms with Crippen LogP contribution in [0.25, 0.3) is 0 Å². The molecule has 1 N–H and O–H groups in total. The van der Waals surface area contributed by atoms with Crippen molar-refractivity contribution in [3.63, 3.8) is 0 Å². The van der Waals surface area contributed by atoms with Gasteiger partial charge in [0.1, 0.15) is 0 Å². The first-order chi connectivity index (χ1) is 9.65. The number of carbonyl (C=O) groups excluding carboxylic acids is 1. The Morgan fingerprint density at radius 2 is 1.70 bits per heavy atom. The molecule has 0 saturated carbocycles. The second-order valence-electron chi connectivity index (χ2n) is 4.96. The van der Waals surface area contributed by atoms with E-state index < -0.39 is 0 Å². The van der Waals surface area contributed by atoms with Gasteiger partial charge in [-0.25, -0.2) is 0 Å². The van der Waals surface area contributed by atoms with Crippen LogP contribution in [0.1, 0.15) is 68.0 Å². The number of rotatable bonds is 10. The summed E-state index contributed by atoms with van der Waals surface area (Å²) in [5.74, 6) is 0.0318. The van der Waals surface area contributed by atoms with E-state index in [0.717, 1.165) is 26.1 Å². The fraction of sp³-hybridized carbons (Fsp3) is 0.667. The van der Waals surface area contributed by atoms with Crippen LogP contribution in [0.3, 0.4) is 0 Å². The van der Waals surface area contributed by atoms with Gasteiger partial charge in [0, 0.05) is 11.0 Å². The van der Waals surface area contributed by atoms with Crippen LogP contribution in [0.4, 0.5) is 0 Å². The molecule has 0 unspecified atom stereocenters. The lowest BCUT2D eigenvalue weighted by Gasteiger charge is -2.04. The van der Waals surface area contributed by atoms with Gasteiger partial charge >= 0.3 is 0 Å². The highest BCUT2D eigenvalue weighted by atomic mass is 79.9. The van der Waals surface area contributed by atoms with E-state index in [1.807, 2.05) is 6.07 Å². The number of hydrogen-bond donors (Lipinski definition) is 1. The van der Waals surface area contributed by atoms with Crippen molar-refractivity contribution in [2.75, 3.05) is 6.54 Å². The minimum absolute atomic E-state index is 0.0318. The van der Waals surface area contributed by atoms with Crippen molar-refractivity contribution < 1.29 is 4.79 Å². The molecule has 1 aromatic rings. The zero-order chi connectivity index (χ0) is 14.8. The predicted molar refractivity (Wildman–Crippen MR) is 94.7 cm³/mol. The first-order valence-electron chi connectivity index (χ1n) is 7.38. The number of hydrogen-bond acceptors (Lipinski definition) is 2. The van der Waals surface area contributed by atoms with Crippen molar-refractivity contribution in [3.05, 3.63) is 19.2 Å². The van der Waals surface area contributed by atoms with Crippen molar-refractivity contribution in [1.82, 2.24) is 5.32 Å². The number of amides is 1. The Morgan fingerprint density at radius 3 is 2.25 bits per heavy atom. The molecule has 5 heteroatoms. The monoisotopic (exact) mass is 423 g/mol. The third-order valence-corrected chi connectivity index (χ3v) is 6.44. The number of unbranched alkanes of at least 4 members (excludes halogenated alkanes) is 7. The van der Waals surface area contributed by atoms with E-state index in [4.69, 9.17) is 0 Å². The minimum atomic E-state index is 0.0318. The van der Waals surface area contributed by atoms with E-state index in [9.17, 15) is 4.79 Å². The quantitative estimate of drug-likeness (QED) is 0.448. The van der Waals surface area contributed by atoms with Gasteiger partial charge in [-0.15, -0.1) is 11.3 Å². The van der Waals surface area contributed by atoms with Crippen LogP contribution in [-0.4, -0.2) is 12.5 Å². The fourth-order valence-electron chi connectivity index (χ4n) is 2.01. The summed E-state index contributed by atoms with van der Waals surface area (Å²) in [7, 11) is 0. The summed E-state index contributed by atoms with van der Waals surface area (Å²) in [4.78, 5) is 12.6. The number of thiophene rings is 1. The maximum atomic E-state index is 11.9. The van der Waals surface area contributed by atoms with E-state index >= 15 is 0 Å². The van der Waals surface area contributed by atoms with Crippen LogP contribution < -0.4 is 5.32 Å². The number of carbonyl (C=O) groups is 1. The standard InChI is InChI=1S/C15H23Br2NOS/c1-2-3-4-5-6-7-8-9-10-18-15(19)13-11-12(16)14(17)20-13/h11H,2-10H2,1H3,(H,18,19). The molecule has 0 saturated heterocycles. The van der Waals surface area contributed by atoms with Crippen molar-refractivity contribution >= 4 is 49.1 Å². The maximum absolute atomic E-state index is 11.9. The third kappa shape index (κ3) is 7.23. The third-order valence-electron chi connectivity index (χ3n) is 3.18. The van der Waals surface area contributed by atoms with E-state index in [2.05, 4.69) is 44.1 Å². The van der Waals surface area contributed by atoms with Crippen LogP contribution >= 0.6 is 43.2 Å². The van der Waals surface area contributed by atoms with Crippen LogP contribution in [-0.2, 0) is 0 Å². The fourth-order valence-corrected chi connectivity index (χ4v) is 3.96. The van der Waals surface area contributed by atoms with Crippen LogP contribution in [0.2, 0.25) is 0 Å². The molecule has 0 aliphatic heterocycles. The molecule has 0 radical (unpaired) electrons. The van der Waals surface area contributed by atoms with Gasteiger partial charge in [0.15, 0.2) is 0 Å². The summed E-state index contributed by atoms with van der Waals surface area (Å²) >= 11 is 8.26. The molecule has 0 spiro atoms. The van der Waals surface area contributed by atoms with Gasteiger partial charge in [-0.1, -0.05) is 51.9 Å². The van der Waals surface area contributed by atoms with Crippen LogP contribution in [0.5, 0.6) is 0 Å². The Kier molecular flexibility index (Phi) is 9.82. The summed E-state index contributed by atoms with van der Waals surface area (Å²) in [6, 6.07) is 1.86. The van der Waals surface area contributed by atoms with Gasteiger partial charge in [0.2, 0.25) is 0 Å². The molecular formula is C15H23Br2NOS. The van der Waals surface area contributed by atoms with E-state index in [1.54, 1.807) is 0 Å². The Morgan fingerprint density at radius 1 is 1.10 bits per heavy atom. The van der Waals surface area contributed by atoms with Crippen molar-refractivity contribution in [2.24, 2.45) is 0 Å². The molecule has 1 rings (SSSR count). The van der Waals surface area contributed by atoms with Gasteiger partial charge in [-0.3, -0.25) is 4.79 Å². The van der Waals surface area contributed by atoms with E-state index in [1.165, 1.54) is 56.3 Å². The van der Waals surface area contributed by atoms with Crippen molar-refractivity contribution in [3.8, 4) is 0 Å².